The highest BCUT2D eigenvalue weighted by Gasteiger charge is 2.36. The number of likely N-dealkylation sites (tertiary alicyclic amines) is 1. The van der Waals surface area contributed by atoms with Gasteiger partial charge in [0, 0.05) is 6.04 Å². The van der Waals surface area contributed by atoms with Crippen molar-refractivity contribution in [3.63, 3.8) is 0 Å². The molecule has 0 saturated carbocycles. The Bertz CT molecular complexity index is 437. The Labute approximate surface area is 121 Å². The van der Waals surface area contributed by atoms with Gasteiger partial charge in [0.25, 0.3) is 0 Å². The van der Waals surface area contributed by atoms with Gasteiger partial charge in [0.15, 0.2) is 0 Å². The summed E-state index contributed by atoms with van der Waals surface area (Å²) in [5.41, 5.74) is 7.19. The van der Waals surface area contributed by atoms with E-state index in [0.29, 0.717) is 6.42 Å². The zero-order valence-corrected chi connectivity index (χ0v) is 12.3. The highest BCUT2D eigenvalue weighted by atomic mass is 19.1. The van der Waals surface area contributed by atoms with E-state index in [1.54, 1.807) is 12.1 Å². The largest absolute Gasteiger partial charge is 0.320 e. The van der Waals surface area contributed by atoms with E-state index < -0.39 is 5.54 Å². The highest BCUT2D eigenvalue weighted by Crippen LogP contribution is 2.31. The molecule has 1 fully saturated rings. The quantitative estimate of drug-likeness (QED) is 0.835. The van der Waals surface area contributed by atoms with Gasteiger partial charge in [0.05, 0.1) is 5.54 Å². The maximum Gasteiger partial charge on any atom is 0.123 e. The first-order valence-corrected chi connectivity index (χ1v) is 7.48. The van der Waals surface area contributed by atoms with Gasteiger partial charge in [-0.3, -0.25) is 4.90 Å². The van der Waals surface area contributed by atoms with Crippen LogP contribution in [0.3, 0.4) is 0 Å². The lowest BCUT2D eigenvalue weighted by Gasteiger charge is -2.43. The summed E-state index contributed by atoms with van der Waals surface area (Å²) in [5, 5.41) is 0. The average molecular weight is 276 g/mol. The van der Waals surface area contributed by atoms with Crippen LogP contribution in [0.5, 0.6) is 0 Å². The molecule has 0 aromatic heterocycles. The molecular weight excluding hydrogens is 251 g/mol. The Morgan fingerprint density at radius 2 is 1.90 bits per heavy atom. The Balaban J connectivity index is 2.27. The van der Waals surface area contributed by atoms with E-state index in [0.717, 1.165) is 18.7 Å². The Morgan fingerprint density at radius 3 is 2.45 bits per heavy atom. The molecule has 1 aromatic rings. The fourth-order valence-corrected chi connectivity index (χ4v) is 3.16. The summed E-state index contributed by atoms with van der Waals surface area (Å²) in [6, 6.07) is 6.80. The first kappa shape index (κ1) is 15.2. The summed E-state index contributed by atoms with van der Waals surface area (Å²) in [6.07, 6.45) is 6.33. The van der Waals surface area contributed by atoms with Crippen LogP contribution in [0.2, 0.25) is 0 Å². The van der Waals surface area contributed by atoms with Crippen molar-refractivity contribution in [3.8, 4) is 0 Å². The van der Waals surface area contributed by atoms with E-state index in [4.69, 9.17) is 5.73 Å². The Morgan fingerprint density at radius 1 is 1.30 bits per heavy atom. The van der Waals surface area contributed by atoms with Gasteiger partial charge in [-0.2, -0.15) is 0 Å². The van der Waals surface area contributed by atoms with E-state index in [1.165, 1.54) is 31.4 Å². The molecule has 0 aliphatic carbocycles. The third-order valence-corrected chi connectivity index (χ3v) is 4.55. The fraction of sp³-hybridized carbons (Fsp3) is 0.529. The minimum atomic E-state index is -0.507. The molecule has 2 nitrogen and oxygen atoms in total. The van der Waals surface area contributed by atoms with Crippen molar-refractivity contribution in [1.29, 1.82) is 0 Å². The lowest BCUT2D eigenvalue weighted by molar-refractivity contribution is 0.109. The van der Waals surface area contributed by atoms with E-state index in [-0.39, 0.29) is 11.9 Å². The molecule has 1 aliphatic rings. The first-order chi connectivity index (χ1) is 9.58. The fourth-order valence-electron chi connectivity index (χ4n) is 3.16. The summed E-state index contributed by atoms with van der Waals surface area (Å²) in [7, 11) is 0. The van der Waals surface area contributed by atoms with Crippen LogP contribution in [0, 0.1) is 5.82 Å². The number of rotatable bonds is 5. The number of halogens is 1. The van der Waals surface area contributed by atoms with Crippen LogP contribution < -0.4 is 5.73 Å². The standard InChI is InChI=1S/C17H25FN2/c1-3-11-17(19,15-7-9-16(18)10-8-15)14(2)20-12-5-4-6-13-20/h3,7-10,14H,1,4-6,11-13,19H2,2H3. The van der Waals surface area contributed by atoms with Crippen molar-refractivity contribution in [1.82, 2.24) is 4.90 Å². The molecule has 3 heteroatoms. The van der Waals surface area contributed by atoms with Crippen molar-refractivity contribution in [3.05, 3.63) is 48.3 Å². The second kappa shape index (κ2) is 6.51. The smallest absolute Gasteiger partial charge is 0.123 e. The summed E-state index contributed by atoms with van der Waals surface area (Å²) in [6.45, 7) is 8.21. The molecule has 20 heavy (non-hydrogen) atoms. The number of hydrogen-bond donors (Lipinski definition) is 1. The van der Waals surface area contributed by atoms with Crippen molar-refractivity contribution in [2.24, 2.45) is 5.73 Å². The third-order valence-electron chi connectivity index (χ3n) is 4.55. The molecule has 1 heterocycles. The van der Waals surface area contributed by atoms with E-state index in [1.807, 2.05) is 6.08 Å². The molecule has 0 amide bonds. The van der Waals surface area contributed by atoms with Crippen LogP contribution in [0.25, 0.3) is 0 Å². The molecular formula is C17H25FN2. The second-order valence-corrected chi connectivity index (χ2v) is 5.81. The molecule has 0 radical (unpaired) electrons. The minimum Gasteiger partial charge on any atom is -0.320 e. The lowest BCUT2D eigenvalue weighted by atomic mass is 9.80. The SMILES string of the molecule is C=CCC(N)(c1ccc(F)cc1)C(C)N1CCCCC1. The van der Waals surface area contributed by atoms with E-state index in [9.17, 15) is 4.39 Å². The third kappa shape index (κ3) is 3.10. The Kier molecular flexibility index (Phi) is 4.95. The van der Waals surface area contributed by atoms with Gasteiger partial charge < -0.3 is 5.73 Å². The van der Waals surface area contributed by atoms with E-state index in [2.05, 4.69) is 18.4 Å². The van der Waals surface area contributed by atoms with Crippen LogP contribution in [0.4, 0.5) is 4.39 Å². The topological polar surface area (TPSA) is 29.3 Å². The van der Waals surface area contributed by atoms with Gasteiger partial charge >= 0.3 is 0 Å². The van der Waals surface area contributed by atoms with Gasteiger partial charge in [0.2, 0.25) is 0 Å². The van der Waals surface area contributed by atoms with Crippen LogP contribution in [-0.4, -0.2) is 24.0 Å². The predicted molar refractivity (Wildman–Crippen MR) is 82.0 cm³/mol. The predicted octanol–water partition coefficient (Wildman–Crippen LogP) is 3.43. The van der Waals surface area contributed by atoms with Crippen molar-refractivity contribution < 1.29 is 4.39 Å². The zero-order valence-electron chi connectivity index (χ0n) is 12.3. The van der Waals surface area contributed by atoms with Gasteiger partial charge in [-0.25, -0.2) is 4.39 Å². The van der Waals surface area contributed by atoms with Crippen molar-refractivity contribution in [2.75, 3.05) is 13.1 Å². The van der Waals surface area contributed by atoms with Gasteiger partial charge in [-0.05, 0) is 57.0 Å². The molecule has 2 unspecified atom stereocenters. The maximum atomic E-state index is 13.1. The van der Waals surface area contributed by atoms with Crippen LogP contribution in [0.15, 0.2) is 36.9 Å². The molecule has 110 valence electrons. The normalized spacial score (nSPS) is 21.1. The summed E-state index contributed by atoms with van der Waals surface area (Å²) in [5.74, 6) is -0.222. The number of nitrogens with zero attached hydrogens (tertiary/aromatic N) is 1. The van der Waals surface area contributed by atoms with Crippen LogP contribution >= 0.6 is 0 Å². The number of hydrogen-bond acceptors (Lipinski definition) is 2. The molecule has 1 saturated heterocycles. The zero-order chi connectivity index (χ0) is 14.6. The van der Waals surface area contributed by atoms with Crippen molar-refractivity contribution >= 4 is 0 Å². The monoisotopic (exact) mass is 276 g/mol. The lowest BCUT2D eigenvalue weighted by Crippen LogP contribution is -2.55. The molecule has 0 bridgehead atoms. The molecule has 1 aliphatic heterocycles. The van der Waals surface area contributed by atoms with E-state index >= 15 is 0 Å². The van der Waals surface area contributed by atoms with Crippen molar-refractivity contribution in [2.45, 2.75) is 44.2 Å². The summed E-state index contributed by atoms with van der Waals surface area (Å²) < 4.78 is 13.1. The number of nitrogens with two attached hydrogens (primary N) is 1. The first-order valence-electron chi connectivity index (χ1n) is 7.48. The molecule has 2 atom stereocenters. The molecule has 1 aromatic carbocycles. The second-order valence-electron chi connectivity index (χ2n) is 5.81. The molecule has 2 N–H and O–H groups in total. The molecule has 0 spiro atoms. The maximum absolute atomic E-state index is 13.1. The van der Waals surface area contributed by atoms with Crippen LogP contribution in [-0.2, 0) is 5.54 Å². The van der Waals surface area contributed by atoms with Gasteiger partial charge in [-0.1, -0.05) is 24.6 Å². The Hall–Kier alpha value is -1.19. The minimum absolute atomic E-state index is 0.214. The summed E-state index contributed by atoms with van der Waals surface area (Å²) in [4.78, 5) is 2.45. The summed E-state index contributed by atoms with van der Waals surface area (Å²) >= 11 is 0. The van der Waals surface area contributed by atoms with Gasteiger partial charge in [0.1, 0.15) is 5.82 Å². The van der Waals surface area contributed by atoms with Crippen LogP contribution in [0.1, 0.15) is 38.2 Å². The van der Waals surface area contributed by atoms with Gasteiger partial charge in [-0.15, -0.1) is 6.58 Å². The highest BCUT2D eigenvalue weighted by molar-refractivity contribution is 5.27. The number of piperidine rings is 1. The average Bonchev–Trinajstić information content (AvgIpc) is 2.48. The molecule has 2 rings (SSSR count). The number of benzene rings is 1.